The molecule has 2 fully saturated rings. The maximum atomic E-state index is 12.9. The van der Waals surface area contributed by atoms with E-state index in [1.807, 2.05) is 30.3 Å². The summed E-state index contributed by atoms with van der Waals surface area (Å²) in [4.78, 5) is 29.0. The number of hydrogen-bond acceptors (Lipinski definition) is 7. The molecular formula is C25H31N3O6. The number of aliphatic hydroxyl groups excluding tert-OH is 2. The number of amides is 2. The molecule has 0 saturated carbocycles. The minimum absolute atomic E-state index is 0.0317. The van der Waals surface area contributed by atoms with Gasteiger partial charge in [0.25, 0.3) is 5.91 Å². The van der Waals surface area contributed by atoms with Crippen LogP contribution in [0.15, 0.2) is 54.6 Å². The van der Waals surface area contributed by atoms with Gasteiger partial charge in [-0.3, -0.25) is 9.59 Å². The highest BCUT2D eigenvalue weighted by molar-refractivity contribution is 5.94. The van der Waals surface area contributed by atoms with Crippen molar-refractivity contribution in [2.45, 2.75) is 30.8 Å². The van der Waals surface area contributed by atoms with Gasteiger partial charge in [0.15, 0.2) is 0 Å². The number of benzene rings is 2. The molecule has 9 heteroatoms. The van der Waals surface area contributed by atoms with Crippen LogP contribution in [0.5, 0.6) is 5.75 Å². The molecule has 0 aliphatic carbocycles. The van der Waals surface area contributed by atoms with E-state index in [0.717, 1.165) is 11.4 Å². The minimum atomic E-state index is -1.20. The molecule has 2 amide bonds. The van der Waals surface area contributed by atoms with Crippen molar-refractivity contribution in [2.24, 2.45) is 0 Å². The molecule has 2 aliphatic rings. The summed E-state index contributed by atoms with van der Waals surface area (Å²) in [6, 6.07) is 16.5. The number of methoxy groups -OCH3 is 1. The van der Waals surface area contributed by atoms with Crippen molar-refractivity contribution in [3.8, 4) is 5.75 Å². The fourth-order valence-electron chi connectivity index (χ4n) is 4.44. The number of carbonyl (C=O) groups excluding carboxylic acids is 2. The SMILES string of the molecule is COc1ccccc1N1CCN(C(=O)C[C@H]2O[C@H](CNC(=O)c3ccccc3)[C@@H](O)[C@H]2O)CC1. The van der Waals surface area contributed by atoms with Crippen molar-refractivity contribution in [2.75, 3.05) is 44.7 Å². The summed E-state index contributed by atoms with van der Waals surface area (Å²) in [6.07, 6.45) is -4.03. The zero-order chi connectivity index (χ0) is 24.1. The van der Waals surface area contributed by atoms with Crippen LogP contribution in [0.3, 0.4) is 0 Å². The summed E-state index contributed by atoms with van der Waals surface area (Å²) in [7, 11) is 1.64. The summed E-state index contributed by atoms with van der Waals surface area (Å²) in [5.74, 6) is 0.368. The predicted molar refractivity (Wildman–Crippen MR) is 126 cm³/mol. The Labute approximate surface area is 198 Å². The number of ether oxygens (including phenoxy) is 2. The van der Waals surface area contributed by atoms with Gasteiger partial charge in [0.05, 0.1) is 25.3 Å². The van der Waals surface area contributed by atoms with Gasteiger partial charge in [-0.15, -0.1) is 0 Å². The number of para-hydroxylation sites is 2. The van der Waals surface area contributed by atoms with Gasteiger partial charge in [-0.2, -0.15) is 0 Å². The van der Waals surface area contributed by atoms with Crippen molar-refractivity contribution in [1.82, 2.24) is 10.2 Å². The first-order valence-electron chi connectivity index (χ1n) is 11.5. The molecule has 0 radical (unpaired) electrons. The highest BCUT2D eigenvalue weighted by atomic mass is 16.5. The van der Waals surface area contributed by atoms with Crippen LogP contribution in [0.25, 0.3) is 0 Å². The maximum absolute atomic E-state index is 12.9. The zero-order valence-corrected chi connectivity index (χ0v) is 19.2. The third-order valence-corrected chi connectivity index (χ3v) is 6.40. The Morgan fingerprint density at radius 3 is 2.32 bits per heavy atom. The number of rotatable bonds is 7. The second-order valence-electron chi connectivity index (χ2n) is 8.51. The van der Waals surface area contributed by atoms with Crippen LogP contribution in [-0.2, 0) is 9.53 Å². The van der Waals surface area contributed by atoms with E-state index in [1.165, 1.54) is 0 Å². The molecule has 9 nitrogen and oxygen atoms in total. The van der Waals surface area contributed by atoms with Gasteiger partial charge < -0.3 is 34.8 Å². The smallest absolute Gasteiger partial charge is 0.251 e. The van der Waals surface area contributed by atoms with E-state index < -0.39 is 24.4 Å². The van der Waals surface area contributed by atoms with Crippen molar-refractivity contribution in [3.05, 3.63) is 60.2 Å². The first-order chi connectivity index (χ1) is 16.5. The van der Waals surface area contributed by atoms with Gasteiger partial charge in [-0.05, 0) is 24.3 Å². The van der Waals surface area contributed by atoms with Crippen molar-refractivity contribution in [3.63, 3.8) is 0 Å². The number of aliphatic hydroxyl groups is 2. The second kappa shape index (κ2) is 10.9. The maximum Gasteiger partial charge on any atom is 0.251 e. The van der Waals surface area contributed by atoms with Gasteiger partial charge in [0, 0.05) is 38.3 Å². The molecule has 2 aromatic carbocycles. The molecule has 3 N–H and O–H groups in total. The highest BCUT2D eigenvalue weighted by Gasteiger charge is 2.44. The summed E-state index contributed by atoms with van der Waals surface area (Å²) in [5.41, 5.74) is 1.49. The summed E-state index contributed by atoms with van der Waals surface area (Å²) >= 11 is 0. The molecule has 182 valence electrons. The molecule has 2 aliphatic heterocycles. The van der Waals surface area contributed by atoms with E-state index in [-0.39, 0.29) is 24.8 Å². The molecule has 4 atom stereocenters. The Bertz CT molecular complexity index is 980. The quantitative estimate of drug-likeness (QED) is 0.546. The number of nitrogens with one attached hydrogen (secondary N) is 1. The molecule has 2 heterocycles. The third kappa shape index (κ3) is 5.32. The molecule has 0 bridgehead atoms. The van der Waals surface area contributed by atoms with Crippen molar-refractivity contribution < 1.29 is 29.3 Å². The Morgan fingerprint density at radius 1 is 0.971 bits per heavy atom. The van der Waals surface area contributed by atoms with Crippen LogP contribution in [0.2, 0.25) is 0 Å². The van der Waals surface area contributed by atoms with E-state index >= 15 is 0 Å². The van der Waals surface area contributed by atoms with Crippen LogP contribution in [0.1, 0.15) is 16.8 Å². The van der Waals surface area contributed by atoms with Crippen LogP contribution in [-0.4, -0.2) is 91.2 Å². The summed E-state index contributed by atoms with van der Waals surface area (Å²) < 4.78 is 11.2. The lowest BCUT2D eigenvalue weighted by atomic mass is 10.0. The topological polar surface area (TPSA) is 112 Å². The molecule has 4 rings (SSSR count). The van der Waals surface area contributed by atoms with Crippen molar-refractivity contribution in [1.29, 1.82) is 0 Å². The Morgan fingerprint density at radius 2 is 1.62 bits per heavy atom. The van der Waals surface area contributed by atoms with Crippen LogP contribution < -0.4 is 15.0 Å². The number of hydrogen-bond donors (Lipinski definition) is 3. The first kappa shape index (κ1) is 24.0. The van der Waals surface area contributed by atoms with Crippen LogP contribution in [0.4, 0.5) is 5.69 Å². The van der Waals surface area contributed by atoms with Gasteiger partial charge in [-0.1, -0.05) is 30.3 Å². The highest BCUT2D eigenvalue weighted by Crippen LogP contribution is 2.29. The molecule has 2 saturated heterocycles. The van der Waals surface area contributed by atoms with Gasteiger partial charge >= 0.3 is 0 Å². The van der Waals surface area contributed by atoms with E-state index in [2.05, 4.69) is 10.2 Å². The lowest BCUT2D eigenvalue weighted by Crippen LogP contribution is -2.50. The first-order valence-corrected chi connectivity index (χ1v) is 11.5. The van der Waals surface area contributed by atoms with E-state index in [4.69, 9.17) is 9.47 Å². The Kier molecular flexibility index (Phi) is 7.66. The summed E-state index contributed by atoms with van der Waals surface area (Å²) in [5, 5.41) is 23.5. The molecule has 0 spiro atoms. The Hall–Kier alpha value is -3.14. The Balaban J connectivity index is 1.26. The fraction of sp³-hybridized carbons (Fsp3) is 0.440. The number of carbonyl (C=O) groups is 2. The van der Waals surface area contributed by atoms with E-state index in [0.29, 0.717) is 31.7 Å². The van der Waals surface area contributed by atoms with E-state index in [1.54, 1.807) is 36.3 Å². The molecule has 2 aromatic rings. The van der Waals surface area contributed by atoms with Crippen LogP contribution in [0, 0.1) is 0 Å². The normalized spacial score (nSPS) is 24.7. The average Bonchev–Trinajstić information content (AvgIpc) is 3.15. The average molecular weight is 470 g/mol. The molecular weight excluding hydrogens is 438 g/mol. The third-order valence-electron chi connectivity index (χ3n) is 6.40. The number of nitrogens with zero attached hydrogens (tertiary/aromatic N) is 2. The number of piperazine rings is 1. The predicted octanol–water partition coefficient (Wildman–Crippen LogP) is 0.653. The molecule has 0 unspecified atom stereocenters. The molecule has 0 aromatic heterocycles. The van der Waals surface area contributed by atoms with Gasteiger partial charge in [0.1, 0.15) is 24.1 Å². The van der Waals surface area contributed by atoms with Gasteiger partial charge in [-0.25, -0.2) is 0 Å². The van der Waals surface area contributed by atoms with Crippen molar-refractivity contribution >= 4 is 17.5 Å². The lowest BCUT2D eigenvalue weighted by molar-refractivity contribution is -0.135. The van der Waals surface area contributed by atoms with E-state index in [9.17, 15) is 19.8 Å². The zero-order valence-electron chi connectivity index (χ0n) is 19.2. The second-order valence-corrected chi connectivity index (χ2v) is 8.51. The van der Waals surface area contributed by atoms with Crippen LogP contribution >= 0.6 is 0 Å². The lowest BCUT2D eigenvalue weighted by Gasteiger charge is -2.37. The standard InChI is InChI=1S/C25H31N3O6/c1-33-19-10-6-5-9-18(19)27-11-13-28(14-12-27)22(29)15-20-23(30)24(31)21(34-20)16-26-25(32)17-7-3-2-4-8-17/h2-10,20-21,23-24,30-31H,11-16H2,1H3,(H,26,32)/t20-,21-,23+,24-/m1/s1. The minimum Gasteiger partial charge on any atom is -0.495 e. The number of anilines is 1. The summed E-state index contributed by atoms with van der Waals surface area (Å²) in [6.45, 7) is 2.44. The largest absolute Gasteiger partial charge is 0.495 e. The molecule has 34 heavy (non-hydrogen) atoms. The fourth-order valence-corrected chi connectivity index (χ4v) is 4.44. The van der Waals surface area contributed by atoms with Gasteiger partial charge in [0.2, 0.25) is 5.91 Å². The monoisotopic (exact) mass is 469 g/mol.